The molecule has 0 saturated carbocycles. The van der Waals surface area contributed by atoms with Crippen LogP contribution < -0.4 is 0 Å². The van der Waals surface area contributed by atoms with Gasteiger partial charge in [0, 0.05) is 18.7 Å². The van der Waals surface area contributed by atoms with Crippen molar-refractivity contribution in [2.24, 2.45) is 5.92 Å². The molecule has 0 radical (unpaired) electrons. The van der Waals surface area contributed by atoms with Crippen molar-refractivity contribution < 1.29 is 9.90 Å². The highest BCUT2D eigenvalue weighted by Gasteiger charge is 2.24. The molecule has 1 heterocycles. The van der Waals surface area contributed by atoms with Crippen molar-refractivity contribution in [1.29, 1.82) is 0 Å². The zero-order chi connectivity index (χ0) is 13.0. The number of carbonyl (C=O) groups is 1. The van der Waals surface area contributed by atoms with E-state index in [1.54, 1.807) is 0 Å². The Kier molecular flexibility index (Phi) is 4.50. The molecule has 18 heavy (non-hydrogen) atoms. The Morgan fingerprint density at radius 3 is 2.94 bits per heavy atom. The SMILES string of the molecule is Cc1ccccc1C(=O)CN1CCC(CCO)C1. The van der Waals surface area contributed by atoms with Gasteiger partial charge in [-0.25, -0.2) is 0 Å². The normalized spacial score (nSPS) is 20.2. The molecule has 1 aromatic carbocycles. The van der Waals surface area contributed by atoms with Crippen LogP contribution in [0.3, 0.4) is 0 Å². The summed E-state index contributed by atoms with van der Waals surface area (Å²) < 4.78 is 0. The number of aryl methyl sites for hydroxylation is 1. The van der Waals surface area contributed by atoms with E-state index >= 15 is 0 Å². The van der Waals surface area contributed by atoms with E-state index in [9.17, 15) is 4.79 Å². The van der Waals surface area contributed by atoms with Crippen LogP contribution in [-0.2, 0) is 0 Å². The van der Waals surface area contributed by atoms with Crippen LogP contribution in [0.4, 0.5) is 0 Å². The summed E-state index contributed by atoms with van der Waals surface area (Å²) in [7, 11) is 0. The van der Waals surface area contributed by atoms with E-state index in [1.807, 2.05) is 31.2 Å². The average Bonchev–Trinajstić information content (AvgIpc) is 2.77. The van der Waals surface area contributed by atoms with Crippen molar-refractivity contribution >= 4 is 5.78 Å². The van der Waals surface area contributed by atoms with Crippen LogP contribution >= 0.6 is 0 Å². The summed E-state index contributed by atoms with van der Waals surface area (Å²) in [5, 5.41) is 8.92. The number of benzene rings is 1. The maximum atomic E-state index is 12.2. The number of nitrogens with zero attached hydrogens (tertiary/aromatic N) is 1. The first-order valence-electron chi connectivity index (χ1n) is 6.62. The summed E-state index contributed by atoms with van der Waals surface area (Å²) >= 11 is 0. The molecular weight excluding hydrogens is 226 g/mol. The molecule has 0 aromatic heterocycles. The number of hydrogen-bond acceptors (Lipinski definition) is 3. The van der Waals surface area contributed by atoms with Gasteiger partial charge in [0.2, 0.25) is 0 Å². The van der Waals surface area contributed by atoms with Gasteiger partial charge in [-0.15, -0.1) is 0 Å². The molecule has 1 aliphatic heterocycles. The predicted octanol–water partition coefficient (Wildman–Crippen LogP) is 1.88. The molecule has 3 heteroatoms. The first-order valence-corrected chi connectivity index (χ1v) is 6.62. The summed E-state index contributed by atoms with van der Waals surface area (Å²) in [5.41, 5.74) is 1.89. The number of likely N-dealkylation sites (tertiary alicyclic amines) is 1. The number of aliphatic hydroxyl groups excluding tert-OH is 1. The number of carbonyl (C=O) groups excluding carboxylic acids is 1. The van der Waals surface area contributed by atoms with E-state index in [1.165, 1.54) is 0 Å². The van der Waals surface area contributed by atoms with E-state index in [0.717, 1.165) is 37.1 Å². The Morgan fingerprint density at radius 2 is 2.22 bits per heavy atom. The van der Waals surface area contributed by atoms with Gasteiger partial charge in [0.25, 0.3) is 0 Å². The van der Waals surface area contributed by atoms with Crippen molar-refractivity contribution in [3.05, 3.63) is 35.4 Å². The molecule has 1 N–H and O–H groups in total. The molecule has 1 aliphatic rings. The van der Waals surface area contributed by atoms with Crippen LogP contribution in [0.5, 0.6) is 0 Å². The molecule has 0 aliphatic carbocycles. The fourth-order valence-electron chi connectivity index (χ4n) is 2.65. The monoisotopic (exact) mass is 247 g/mol. The van der Waals surface area contributed by atoms with Gasteiger partial charge in [-0.1, -0.05) is 24.3 Å². The number of rotatable bonds is 5. The summed E-state index contributed by atoms with van der Waals surface area (Å²) in [6.45, 7) is 4.66. The van der Waals surface area contributed by atoms with Crippen LogP contribution in [0.25, 0.3) is 0 Å². The lowest BCUT2D eigenvalue weighted by molar-refractivity contribution is 0.0942. The predicted molar refractivity (Wildman–Crippen MR) is 71.8 cm³/mol. The van der Waals surface area contributed by atoms with Crippen LogP contribution in [-0.4, -0.2) is 42.0 Å². The molecule has 1 atom stereocenters. The minimum Gasteiger partial charge on any atom is -0.396 e. The minimum atomic E-state index is 0.206. The van der Waals surface area contributed by atoms with Crippen molar-refractivity contribution in [3.63, 3.8) is 0 Å². The fraction of sp³-hybridized carbons (Fsp3) is 0.533. The van der Waals surface area contributed by atoms with Gasteiger partial charge in [-0.3, -0.25) is 9.69 Å². The second-order valence-corrected chi connectivity index (χ2v) is 5.14. The molecule has 3 nitrogen and oxygen atoms in total. The number of hydrogen-bond donors (Lipinski definition) is 1. The summed E-state index contributed by atoms with van der Waals surface area (Å²) in [6, 6.07) is 7.75. The standard InChI is InChI=1S/C15H21NO2/c1-12-4-2-3-5-14(12)15(18)11-16-8-6-13(10-16)7-9-17/h2-5,13,17H,6-11H2,1H3. The molecule has 0 amide bonds. The Labute approximate surface area is 108 Å². The summed E-state index contributed by atoms with van der Waals surface area (Å²) in [5.74, 6) is 0.761. The molecule has 0 bridgehead atoms. The van der Waals surface area contributed by atoms with Crippen molar-refractivity contribution in [1.82, 2.24) is 4.90 Å². The average molecular weight is 247 g/mol. The Balaban J connectivity index is 1.91. The van der Waals surface area contributed by atoms with E-state index in [2.05, 4.69) is 4.90 Å². The molecule has 1 saturated heterocycles. The maximum Gasteiger partial charge on any atom is 0.177 e. The third kappa shape index (κ3) is 3.18. The zero-order valence-corrected chi connectivity index (χ0v) is 10.9. The topological polar surface area (TPSA) is 40.5 Å². The van der Waals surface area contributed by atoms with Gasteiger partial charge in [0.05, 0.1) is 6.54 Å². The first kappa shape index (κ1) is 13.2. The smallest absolute Gasteiger partial charge is 0.177 e. The van der Waals surface area contributed by atoms with Crippen molar-refractivity contribution in [3.8, 4) is 0 Å². The lowest BCUT2D eigenvalue weighted by atomic mass is 10.0. The van der Waals surface area contributed by atoms with Crippen LogP contribution in [0.1, 0.15) is 28.8 Å². The minimum absolute atomic E-state index is 0.206. The first-order chi connectivity index (χ1) is 8.70. The van der Waals surface area contributed by atoms with Gasteiger partial charge >= 0.3 is 0 Å². The molecule has 0 spiro atoms. The van der Waals surface area contributed by atoms with Crippen LogP contribution in [0, 0.1) is 12.8 Å². The maximum absolute atomic E-state index is 12.2. The van der Waals surface area contributed by atoms with Crippen LogP contribution in [0.15, 0.2) is 24.3 Å². The highest BCUT2D eigenvalue weighted by Crippen LogP contribution is 2.19. The van der Waals surface area contributed by atoms with E-state index in [-0.39, 0.29) is 12.4 Å². The molecular formula is C15H21NO2. The van der Waals surface area contributed by atoms with Crippen LogP contribution in [0.2, 0.25) is 0 Å². The third-order valence-electron chi connectivity index (χ3n) is 3.72. The molecule has 1 fully saturated rings. The number of aliphatic hydroxyl groups is 1. The quantitative estimate of drug-likeness (QED) is 0.808. The molecule has 1 unspecified atom stereocenters. The molecule has 98 valence electrons. The van der Waals surface area contributed by atoms with Crippen molar-refractivity contribution in [2.75, 3.05) is 26.2 Å². The zero-order valence-electron chi connectivity index (χ0n) is 10.9. The Morgan fingerprint density at radius 1 is 1.44 bits per heavy atom. The number of ketones is 1. The molecule has 1 aromatic rings. The van der Waals surface area contributed by atoms with E-state index in [0.29, 0.717) is 12.5 Å². The van der Waals surface area contributed by atoms with Gasteiger partial charge in [-0.05, 0) is 37.8 Å². The Hall–Kier alpha value is -1.19. The van der Waals surface area contributed by atoms with Gasteiger partial charge < -0.3 is 5.11 Å². The second kappa shape index (κ2) is 6.12. The number of Topliss-reactive ketones (excluding diaryl/α,β-unsaturated/α-hetero) is 1. The second-order valence-electron chi connectivity index (χ2n) is 5.14. The fourth-order valence-corrected chi connectivity index (χ4v) is 2.65. The largest absolute Gasteiger partial charge is 0.396 e. The van der Waals surface area contributed by atoms with E-state index in [4.69, 9.17) is 5.11 Å². The highest BCUT2D eigenvalue weighted by molar-refractivity contribution is 5.98. The van der Waals surface area contributed by atoms with Gasteiger partial charge in [0.1, 0.15) is 0 Å². The lowest BCUT2D eigenvalue weighted by Crippen LogP contribution is -2.28. The lowest BCUT2D eigenvalue weighted by Gasteiger charge is -2.15. The summed E-state index contributed by atoms with van der Waals surface area (Å²) in [4.78, 5) is 14.4. The highest BCUT2D eigenvalue weighted by atomic mass is 16.3. The molecule has 2 rings (SSSR count). The van der Waals surface area contributed by atoms with Gasteiger partial charge in [0.15, 0.2) is 5.78 Å². The Bertz CT molecular complexity index is 417. The van der Waals surface area contributed by atoms with E-state index < -0.39 is 0 Å². The summed E-state index contributed by atoms with van der Waals surface area (Å²) in [6.07, 6.45) is 1.96. The van der Waals surface area contributed by atoms with Crippen molar-refractivity contribution in [2.45, 2.75) is 19.8 Å². The third-order valence-corrected chi connectivity index (χ3v) is 3.72. The van der Waals surface area contributed by atoms with Gasteiger partial charge in [-0.2, -0.15) is 0 Å².